The summed E-state index contributed by atoms with van der Waals surface area (Å²) in [6.07, 6.45) is 4.69. The monoisotopic (exact) mass is 328 g/mol. The van der Waals surface area contributed by atoms with Gasteiger partial charge in [-0.3, -0.25) is 4.79 Å². The lowest BCUT2D eigenvalue weighted by atomic mass is 10.1. The fourth-order valence-corrected chi connectivity index (χ4v) is 2.83. The second-order valence-electron chi connectivity index (χ2n) is 6.38. The maximum Gasteiger partial charge on any atom is 0.251 e. The molecule has 3 rings (SSSR count). The fourth-order valence-electron chi connectivity index (χ4n) is 2.83. The van der Waals surface area contributed by atoms with Crippen LogP contribution in [0.4, 0.5) is 0 Å². The third kappa shape index (κ3) is 4.04. The van der Waals surface area contributed by atoms with Gasteiger partial charge in [0.2, 0.25) is 0 Å². The van der Waals surface area contributed by atoms with E-state index in [-0.39, 0.29) is 18.1 Å². The molecule has 0 unspecified atom stereocenters. The summed E-state index contributed by atoms with van der Waals surface area (Å²) in [6.45, 7) is 5.80. The number of hydrogen-bond donors (Lipinski definition) is 2. The Hall–Kier alpha value is -2.11. The van der Waals surface area contributed by atoms with E-state index < -0.39 is 0 Å². The van der Waals surface area contributed by atoms with E-state index in [1.54, 1.807) is 0 Å². The number of carbonyl (C=O) groups is 1. The second kappa shape index (κ2) is 7.64. The lowest BCUT2D eigenvalue weighted by Crippen LogP contribution is -2.50. The van der Waals surface area contributed by atoms with Crippen LogP contribution < -0.4 is 5.32 Å². The molecule has 0 bridgehead atoms. The minimum Gasteiger partial charge on any atom is -0.379 e. The van der Waals surface area contributed by atoms with E-state index in [1.807, 2.05) is 50.4 Å². The molecule has 2 N–H and O–H groups in total. The van der Waals surface area contributed by atoms with E-state index in [1.165, 1.54) is 5.57 Å². The minimum atomic E-state index is -0.129. The van der Waals surface area contributed by atoms with Gasteiger partial charge in [-0.1, -0.05) is 17.7 Å². The molecule has 24 heavy (non-hydrogen) atoms. The number of H-pyrrole nitrogens is 1. The van der Waals surface area contributed by atoms with Gasteiger partial charge in [-0.25, -0.2) is 0 Å². The van der Waals surface area contributed by atoms with Crippen molar-refractivity contribution in [1.29, 1.82) is 0 Å². The zero-order chi connectivity index (χ0) is 16.9. The van der Waals surface area contributed by atoms with Crippen molar-refractivity contribution in [3.8, 4) is 0 Å². The SMILES string of the molecule is CC(C)=CCO[C@H]1CCOC[C@H]1NC(=O)c1ccc2cc[nH]c2c1. The number of amides is 1. The van der Waals surface area contributed by atoms with Crippen LogP contribution in [0.5, 0.6) is 0 Å². The second-order valence-corrected chi connectivity index (χ2v) is 6.38. The molecule has 2 atom stereocenters. The number of rotatable bonds is 5. The molecule has 0 aliphatic carbocycles. The topological polar surface area (TPSA) is 63.4 Å². The van der Waals surface area contributed by atoms with Crippen LogP contribution in [0.15, 0.2) is 42.1 Å². The largest absolute Gasteiger partial charge is 0.379 e. The van der Waals surface area contributed by atoms with E-state index in [9.17, 15) is 4.79 Å². The number of allylic oxidation sites excluding steroid dienone is 1. The Labute approximate surface area is 142 Å². The third-order valence-corrected chi connectivity index (χ3v) is 4.23. The van der Waals surface area contributed by atoms with Crippen LogP contribution >= 0.6 is 0 Å². The average Bonchev–Trinajstić information content (AvgIpc) is 3.03. The zero-order valence-corrected chi connectivity index (χ0v) is 14.2. The quantitative estimate of drug-likeness (QED) is 0.829. The first-order valence-corrected chi connectivity index (χ1v) is 8.34. The van der Waals surface area contributed by atoms with Gasteiger partial charge in [0, 0.05) is 23.9 Å². The van der Waals surface area contributed by atoms with Gasteiger partial charge in [-0.2, -0.15) is 0 Å². The average molecular weight is 328 g/mol. The summed E-state index contributed by atoms with van der Waals surface area (Å²) >= 11 is 0. The van der Waals surface area contributed by atoms with Gasteiger partial charge >= 0.3 is 0 Å². The first-order valence-electron chi connectivity index (χ1n) is 8.34. The smallest absolute Gasteiger partial charge is 0.251 e. The Morgan fingerprint density at radius 3 is 3.12 bits per heavy atom. The third-order valence-electron chi connectivity index (χ3n) is 4.23. The summed E-state index contributed by atoms with van der Waals surface area (Å²) in [5.74, 6) is -0.0992. The summed E-state index contributed by atoms with van der Waals surface area (Å²) in [5.41, 5.74) is 2.82. The van der Waals surface area contributed by atoms with E-state index in [0.717, 1.165) is 17.3 Å². The number of aromatic nitrogens is 1. The predicted molar refractivity (Wildman–Crippen MR) is 94.2 cm³/mol. The number of aromatic amines is 1. The van der Waals surface area contributed by atoms with Gasteiger partial charge in [0.15, 0.2) is 0 Å². The molecule has 2 heterocycles. The Balaban J connectivity index is 1.65. The lowest BCUT2D eigenvalue weighted by Gasteiger charge is -2.31. The number of hydrogen-bond acceptors (Lipinski definition) is 3. The van der Waals surface area contributed by atoms with Gasteiger partial charge in [-0.05, 0) is 43.9 Å². The molecular weight excluding hydrogens is 304 g/mol. The molecule has 1 amide bonds. The molecule has 1 saturated heterocycles. The Morgan fingerprint density at radius 2 is 2.29 bits per heavy atom. The highest BCUT2D eigenvalue weighted by atomic mass is 16.5. The van der Waals surface area contributed by atoms with E-state index in [0.29, 0.717) is 25.4 Å². The summed E-state index contributed by atoms with van der Waals surface area (Å²) in [5, 5.41) is 4.15. The number of benzene rings is 1. The Morgan fingerprint density at radius 1 is 1.42 bits per heavy atom. The molecule has 5 heteroatoms. The highest BCUT2D eigenvalue weighted by molar-refractivity contribution is 5.98. The molecule has 0 saturated carbocycles. The molecule has 0 spiro atoms. The van der Waals surface area contributed by atoms with Crippen molar-refractivity contribution in [2.24, 2.45) is 0 Å². The standard InChI is InChI=1S/C19H24N2O3/c1-13(2)6-10-24-18-7-9-23-12-17(18)21-19(22)15-4-3-14-5-8-20-16(14)11-15/h3-6,8,11,17-18,20H,7,9-10,12H2,1-2H3,(H,21,22)/t17-,18+/m1/s1. The molecule has 5 nitrogen and oxygen atoms in total. The molecule has 1 aromatic heterocycles. The maximum absolute atomic E-state index is 12.6. The van der Waals surface area contributed by atoms with Crippen LogP contribution in [0.25, 0.3) is 10.9 Å². The molecule has 1 aliphatic rings. The predicted octanol–water partition coefficient (Wildman–Crippen LogP) is 3.04. The molecule has 0 radical (unpaired) electrons. The highest BCUT2D eigenvalue weighted by Gasteiger charge is 2.28. The molecule has 1 fully saturated rings. The number of nitrogens with one attached hydrogen (secondary N) is 2. The first-order chi connectivity index (χ1) is 11.6. The van der Waals surface area contributed by atoms with Crippen molar-refractivity contribution < 1.29 is 14.3 Å². The van der Waals surface area contributed by atoms with Crippen molar-refractivity contribution in [1.82, 2.24) is 10.3 Å². The molecule has 2 aromatic rings. The van der Waals surface area contributed by atoms with E-state index >= 15 is 0 Å². The molecular formula is C19H24N2O3. The van der Waals surface area contributed by atoms with E-state index in [4.69, 9.17) is 9.47 Å². The Kier molecular flexibility index (Phi) is 5.33. The Bertz CT molecular complexity index is 731. The number of ether oxygens (including phenoxy) is 2. The zero-order valence-electron chi connectivity index (χ0n) is 14.2. The van der Waals surface area contributed by atoms with E-state index in [2.05, 4.69) is 10.3 Å². The summed E-state index contributed by atoms with van der Waals surface area (Å²) < 4.78 is 11.4. The number of fused-ring (bicyclic) bond motifs is 1. The number of carbonyl (C=O) groups excluding carboxylic acids is 1. The summed E-state index contributed by atoms with van der Waals surface area (Å²) in [7, 11) is 0. The molecule has 128 valence electrons. The van der Waals surface area contributed by atoms with Crippen LogP contribution in [0.1, 0.15) is 30.6 Å². The van der Waals surface area contributed by atoms with Crippen molar-refractivity contribution in [2.75, 3.05) is 19.8 Å². The van der Waals surface area contributed by atoms with Crippen LogP contribution in [0, 0.1) is 0 Å². The first kappa shape index (κ1) is 16.7. The maximum atomic E-state index is 12.6. The van der Waals surface area contributed by atoms with Crippen molar-refractivity contribution in [3.63, 3.8) is 0 Å². The summed E-state index contributed by atoms with van der Waals surface area (Å²) in [4.78, 5) is 15.7. The van der Waals surface area contributed by atoms with Gasteiger partial charge < -0.3 is 19.8 Å². The van der Waals surface area contributed by atoms with Crippen LogP contribution in [0.2, 0.25) is 0 Å². The van der Waals surface area contributed by atoms with Crippen LogP contribution in [0.3, 0.4) is 0 Å². The highest BCUT2D eigenvalue weighted by Crippen LogP contribution is 2.16. The summed E-state index contributed by atoms with van der Waals surface area (Å²) in [6, 6.07) is 7.51. The van der Waals surface area contributed by atoms with Crippen molar-refractivity contribution in [3.05, 3.63) is 47.7 Å². The minimum absolute atomic E-state index is 0.0208. The molecule has 1 aromatic carbocycles. The van der Waals surface area contributed by atoms with Crippen molar-refractivity contribution in [2.45, 2.75) is 32.4 Å². The fraction of sp³-hybridized carbons (Fsp3) is 0.421. The van der Waals surface area contributed by atoms with Crippen LogP contribution in [-0.2, 0) is 9.47 Å². The molecule has 1 aliphatic heterocycles. The lowest BCUT2D eigenvalue weighted by molar-refractivity contribution is -0.0457. The normalized spacial score (nSPS) is 20.8. The van der Waals surface area contributed by atoms with Gasteiger partial charge in [0.05, 0.1) is 25.4 Å². The van der Waals surface area contributed by atoms with Gasteiger partial charge in [0.25, 0.3) is 5.91 Å². The van der Waals surface area contributed by atoms with Gasteiger partial charge in [0.1, 0.15) is 0 Å². The van der Waals surface area contributed by atoms with Gasteiger partial charge in [-0.15, -0.1) is 0 Å². The van der Waals surface area contributed by atoms with Crippen molar-refractivity contribution >= 4 is 16.8 Å². The van der Waals surface area contributed by atoms with Crippen LogP contribution in [-0.4, -0.2) is 42.9 Å².